The average molecular weight is 355 g/mol. The Hall–Kier alpha value is -2.51. The lowest BCUT2D eigenvalue weighted by Gasteiger charge is -2.26. The fourth-order valence-electron chi connectivity index (χ4n) is 2.79. The van der Waals surface area contributed by atoms with Gasteiger partial charge >= 0.3 is 0 Å². The summed E-state index contributed by atoms with van der Waals surface area (Å²) in [6.45, 7) is 9.08. The Balaban J connectivity index is 1.57. The van der Waals surface area contributed by atoms with Gasteiger partial charge in [0, 0.05) is 38.1 Å². The first kappa shape index (κ1) is 18.3. The Morgan fingerprint density at radius 2 is 2.04 bits per heavy atom. The Morgan fingerprint density at radius 1 is 1.23 bits per heavy atom. The minimum atomic E-state index is -0.239. The van der Waals surface area contributed by atoms with Gasteiger partial charge in [0.2, 0.25) is 5.95 Å². The number of aryl methyl sites for hydroxylation is 1. The molecule has 138 valence electrons. The SMILES string of the molecule is Cc1cccc(NC(=O)c2ccnc(NCCN3CCOCC3)n2)c1C. The van der Waals surface area contributed by atoms with Crippen molar-refractivity contribution in [3.8, 4) is 0 Å². The third-order valence-corrected chi connectivity index (χ3v) is 4.56. The predicted octanol–water partition coefficient (Wildman–Crippen LogP) is 2.09. The number of benzene rings is 1. The van der Waals surface area contributed by atoms with E-state index < -0.39 is 0 Å². The van der Waals surface area contributed by atoms with Crippen LogP contribution < -0.4 is 10.6 Å². The topological polar surface area (TPSA) is 79.4 Å². The second-order valence-corrected chi connectivity index (χ2v) is 6.35. The lowest BCUT2D eigenvalue weighted by Crippen LogP contribution is -2.39. The molecule has 0 aliphatic carbocycles. The van der Waals surface area contributed by atoms with Crippen molar-refractivity contribution >= 4 is 17.5 Å². The molecule has 0 radical (unpaired) electrons. The van der Waals surface area contributed by atoms with Crippen molar-refractivity contribution in [2.75, 3.05) is 50.0 Å². The van der Waals surface area contributed by atoms with Gasteiger partial charge < -0.3 is 15.4 Å². The molecule has 0 atom stereocenters. The van der Waals surface area contributed by atoms with Gasteiger partial charge in [-0.1, -0.05) is 12.1 Å². The summed E-state index contributed by atoms with van der Waals surface area (Å²) in [5.41, 5.74) is 3.33. The molecule has 1 aliphatic rings. The molecule has 3 rings (SSSR count). The number of morpholine rings is 1. The summed E-state index contributed by atoms with van der Waals surface area (Å²) in [7, 11) is 0. The van der Waals surface area contributed by atoms with Crippen LogP contribution in [-0.2, 0) is 4.74 Å². The quantitative estimate of drug-likeness (QED) is 0.826. The monoisotopic (exact) mass is 355 g/mol. The van der Waals surface area contributed by atoms with E-state index in [9.17, 15) is 4.79 Å². The molecule has 7 heteroatoms. The Morgan fingerprint density at radius 3 is 2.85 bits per heavy atom. The first-order valence-electron chi connectivity index (χ1n) is 8.88. The van der Waals surface area contributed by atoms with E-state index in [2.05, 4.69) is 25.5 Å². The highest BCUT2D eigenvalue weighted by molar-refractivity contribution is 6.03. The number of carbonyl (C=O) groups is 1. The van der Waals surface area contributed by atoms with Gasteiger partial charge in [-0.05, 0) is 37.1 Å². The van der Waals surface area contributed by atoms with Crippen LogP contribution in [0.3, 0.4) is 0 Å². The molecular weight excluding hydrogens is 330 g/mol. The number of nitrogens with one attached hydrogen (secondary N) is 2. The third kappa shape index (κ3) is 4.77. The number of aromatic nitrogens is 2. The van der Waals surface area contributed by atoms with Crippen molar-refractivity contribution < 1.29 is 9.53 Å². The normalized spacial score (nSPS) is 14.8. The molecule has 2 aromatic rings. The number of rotatable bonds is 6. The summed E-state index contributed by atoms with van der Waals surface area (Å²) >= 11 is 0. The maximum absolute atomic E-state index is 12.5. The van der Waals surface area contributed by atoms with E-state index in [0.29, 0.717) is 11.6 Å². The Kier molecular flexibility index (Phi) is 6.14. The number of ether oxygens (including phenoxy) is 1. The smallest absolute Gasteiger partial charge is 0.274 e. The molecule has 26 heavy (non-hydrogen) atoms. The molecule has 7 nitrogen and oxygen atoms in total. The minimum absolute atomic E-state index is 0.239. The number of nitrogens with zero attached hydrogens (tertiary/aromatic N) is 3. The summed E-state index contributed by atoms with van der Waals surface area (Å²) in [4.78, 5) is 23.4. The van der Waals surface area contributed by atoms with Gasteiger partial charge in [0.25, 0.3) is 5.91 Å². The lowest BCUT2D eigenvalue weighted by molar-refractivity contribution is 0.0398. The second kappa shape index (κ2) is 8.73. The van der Waals surface area contributed by atoms with Gasteiger partial charge in [-0.25, -0.2) is 9.97 Å². The summed E-state index contributed by atoms with van der Waals surface area (Å²) in [6.07, 6.45) is 1.60. The molecule has 1 amide bonds. The van der Waals surface area contributed by atoms with Crippen LogP contribution in [0.5, 0.6) is 0 Å². The van der Waals surface area contributed by atoms with Crippen LogP contribution in [-0.4, -0.2) is 60.2 Å². The van der Waals surface area contributed by atoms with Gasteiger partial charge in [0.1, 0.15) is 5.69 Å². The second-order valence-electron chi connectivity index (χ2n) is 6.35. The zero-order valence-electron chi connectivity index (χ0n) is 15.3. The van der Waals surface area contributed by atoms with E-state index in [1.54, 1.807) is 12.3 Å². The van der Waals surface area contributed by atoms with Gasteiger partial charge in [0.05, 0.1) is 13.2 Å². The molecule has 2 N–H and O–H groups in total. The van der Waals surface area contributed by atoms with Crippen LogP contribution in [0.15, 0.2) is 30.5 Å². The van der Waals surface area contributed by atoms with Crippen LogP contribution in [0.4, 0.5) is 11.6 Å². The number of anilines is 2. The van der Waals surface area contributed by atoms with Gasteiger partial charge in [-0.3, -0.25) is 9.69 Å². The molecule has 1 fully saturated rings. The maximum Gasteiger partial charge on any atom is 0.274 e. The van der Waals surface area contributed by atoms with E-state index >= 15 is 0 Å². The van der Waals surface area contributed by atoms with E-state index in [4.69, 9.17) is 4.74 Å². The first-order chi connectivity index (χ1) is 12.6. The summed E-state index contributed by atoms with van der Waals surface area (Å²) in [6, 6.07) is 7.46. The molecule has 1 saturated heterocycles. The van der Waals surface area contributed by atoms with Crippen molar-refractivity contribution in [2.24, 2.45) is 0 Å². The molecule has 0 unspecified atom stereocenters. The minimum Gasteiger partial charge on any atom is -0.379 e. The van der Waals surface area contributed by atoms with Gasteiger partial charge in [-0.2, -0.15) is 0 Å². The van der Waals surface area contributed by atoms with Crippen LogP contribution in [0.2, 0.25) is 0 Å². The molecule has 0 bridgehead atoms. The molecule has 1 aromatic carbocycles. The fraction of sp³-hybridized carbons (Fsp3) is 0.421. The average Bonchev–Trinajstić information content (AvgIpc) is 2.66. The number of carbonyl (C=O) groups excluding carboxylic acids is 1. The molecule has 0 saturated carbocycles. The highest BCUT2D eigenvalue weighted by Gasteiger charge is 2.12. The maximum atomic E-state index is 12.5. The lowest BCUT2D eigenvalue weighted by atomic mass is 10.1. The van der Waals surface area contributed by atoms with E-state index in [-0.39, 0.29) is 5.91 Å². The summed E-state index contributed by atoms with van der Waals surface area (Å²) in [5.74, 6) is 0.226. The zero-order chi connectivity index (χ0) is 18.4. The molecule has 0 spiro atoms. The standard InChI is InChI=1S/C19H25N5O2/c1-14-4-3-5-16(15(14)2)22-18(25)17-6-7-20-19(23-17)21-8-9-24-10-12-26-13-11-24/h3-7H,8-13H2,1-2H3,(H,22,25)(H,20,21,23). The van der Waals surface area contributed by atoms with Crippen molar-refractivity contribution in [1.82, 2.24) is 14.9 Å². The molecular formula is C19H25N5O2. The highest BCUT2D eigenvalue weighted by atomic mass is 16.5. The first-order valence-corrected chi connectivity index (χ1v) is 8.88. The highest BCUT2D eigenvalue weighted by Crippen LogP contribution is 2.18. The summed E-state index contributed by atoms with van der Waals surface area (Å²) in [5, 5.41) is 6.11. The molecule has 1 aromatic heterocycles. The van der Waals surface area contributed by atoms with E-state index in [1.165, 1.54) is 0 Å². The molecule has 2 heterocycles. The van der Waals surface area contributed by atoms with Gasteiger partial charge in [0.15, 0.2) is 0 Å². The zero-order valence-corrected chi connectivity index (χ0v) is 15.3. The van der Waals surface area contributed by atoms with Crippen LogP contribution in [0.25, 0.3) is 0 Å². The third-order valence-electron chi connectivity index (χ3n) is 4.56. The largest absolute Gasteiger partial charge is 0.379 e. The number of hydrogen-bond donors (Lipinski definition) is 2. The summed E-state index contributed by atoms with van der Waals surface area (Å²) < 4.78 is 5.34. The van der Waals surface area contributed by atoms with Crippen LogP contribution >= 0.6 is 0 Å². The van der Waals surface area contributed by atoms with E-state index in [0.717, 1.165) is 56.2 Å². The van der Waals surface area contributed by atoms with Crippen LogP contribution in [0.1, 0.15) is 21.6 Å². The Labute approximate surface area is 153 Å². The predicted molar refractivity (Wildman–Crippen MR) is 102 cm³/mol. The Bertz CT molecular complexity index is 759. The number of hydrogen-bond acceptors (Lipinski definition) is 6. The fourth-order valence-corrected chi connectivity index (χ4v) is 2.79. The van der Waals surface area contributed by atoms with Crippen molar-refractivity contribution in [1.29, 1.82) is 0 Å². The van der Waals surface area contributed by atoms with Crippen molar-refractivity contribution in [3.63, 3.8) is 0 Å². The van der Waals surface area contributed by atoms with Crippen molar-refractivity contribution in [2.45, 2.75) is 13.8 Å². The van der Waals surface area contributed by atoms with Gasteiger partial charge in [-0.15, -0.1) is 0 Å². The molecule has 1 aliphatic heterocycles. The number of amides is 1. The van der Waals surface area contributed by atoms with E-state index in [1.807, 2.05) is 32.0 Å². The van der Waals surface area contributed by atoms with Crippen molar-refractivity contribution in [3.05, 3.63) is 47.3 Å². The van der Waals surface area contributed by atoms with Crippen LogP contribution in [0, 0.1) is 13.8 Å².